The van der Waals surface area contributed by atoms with Crippen LogP contribution < -0.4 is 5.32 Å². The van der Waals surface area contributed by atoms with Gasteiger partial charge >= 0.3 is 6.03 Å². The first-order valence-corrected chi connectivity index (χ1v) is 6.16. The second-order valence-corrected chi connectivity index (χ2v) is 4.15. The first kappa shape index (κ1) is 11.8. The quantitative estimate of drug-likeness (QED) is 0.904. The van der Waals surface area contributed by atoms with Crippen molar-refractivity contribution in [1.29, 1.82) is 0 Å². The highest BCUT2D eigenvalue weighted by atomic mass is 32.1. The van der Waals surface area contributed by atoms with Gasteiger partial charge in [0, 0.05) is 25.7 Å². The predicted octanol–water partition coefficient (Wildman–Crippen LogP) is 1.85. The molecule has 0 spiro atoms. The number of carbonyl (C=O) groups is 1. The Morgan fingerprint density at radius 3 is 3.00 bits per heavy atom. The van der Waals surface area contributed by atoms with Crippen molar-refractivity contribution in [3.63, 3.8) is 0 Å². The van der Waals surface area contributed by atoms with Crippen LogP contribution in [0.1, 0.15) is 12.5 Å². The highest BCUT2D eigenvalue weighted by molar-refractivity contribution is 7.00. The van der Waals surface area contributed by atoms with Crippen LogP contribution in [0.25, 0.3) is 11.0 Å². The van der Waals surface area contributed by atoms with E-state index in [1.54, 1.807) is 11.9 Å². The van der Waals surface area contributed by atoms with Crippen LogP contribution in [0.5, 0.6) is 0 Å². The molecule has 0 bridgehead atoms. The molecule has 0 aliphatic rings. The lowest BCUT2D eigenvalue weighted by Gasteiger charge is -2.20. The molecule has 1 aromatic carbocycles. The molecule has 1 N–H and O–H groups in total. The summed E-state index contributed by atoms with van der Waals surface area (Å²) in [6.07, 6.45) is 0. The van der Waals surface area contributed by atoms with Gasteiger partial charge in [0.2, 0.25) is 0 Å². The van der Waals surface area contributed by atoms with E-state index in [4.69, 9.17) is 0 Å². The topological polar surface area (TPSA) is 58.1 Å². The standard InChI is InChI=1S/C11H14N4OS/c1-3-15(11(16)12-2)7-8-5-4-6-9-10(8)14-17-13-9/h4-6H,3,7H2,1-2H3,(H,12,16). The summed E-state index contributed by atoms with van der Waals surface area (Å²) < 4.78 is 8.45. The van der Waals surface area contributed by atoms with E-state index in [0.717, 1.165) is 16.6 Å². The highest BCUT2D eigenvalue weighted by Crippen LogP contribution is 2.18. The first-order valence-electron chi connectivity index (χ1n) is 5.43. The third-order valence-corrected chi connectivity index (χ3v) is 3.16. The number of aromatic nitrogens is 2. The summed E-state index contributed by atoms with van der Waals surface area (Å²) in [6, 6.07) is 5.78. The van der Waals surface area contributed by atoms with Gasteiger partial charge < -0.3 is 10.2 Å². The van der Waals surface area contributed by atoms with E-state index in [1.165, 1.54) is 11.7 Å². The molecular weight excluding hydrogens is 236 g/mol. The van der Waals surface area contributed by atoms with Crippen molar-refractivity contribution in [3.05, 3.63) is 23.8 Å². The maximum absolute atomic E-state index is 11.6. The third-order valence-electron chi connectivity index (χ3n) is 2.61. The smallest absolute Gasteiger partial charge is 0.317 e. The fraction of sp³-hybridized carbons (Fsp3) is 0.364. The molecule has 0 saturated carbocycles. The van der Waals surface area contributed by atoms with Gasteiger partial charge in [0.1, 0.15) is 11.0 Å². The molecular formula is C11H14N4OS. The number of carbonyl (C=O) groups excluding carboxylic acids is 1. The van der Waals surface area contributed by atoms with Crippen LogP contribution in [0.2, 0.25) is 0 Å². The number of hydrogen-bond donors (Lipinski definition) is 1. The van der Waals surface area contributed by atoms with Gasteiger partial charge in [-0.3, -0.25) is 0 Å². The molecule has 0 radical (unpaired) electrons. The third kappa shape index (κ3) is 2.36. The molecule has 1 heterocycles. The van der Waals surface area contributed by atoms with E-state index in [1.807, 2.05) is 25.1 Å². The molecule has 2 aromatic rings. The largest absolute Gasteiger partial charge is 0.341 e. The van der Waals surface area contributed by atoms with Crippen molar-refractivity contribution in [2.24, 2.45) is 0 Å². The van der Waals surface area contributed by atoms with Crippen LogP contribution in [-0.2, 0) is 6.54 Å². The average molecular weight is 250 g/mol. The molecule has 90 valence electrons. The fourth-order valence-corrected chi connectivity index (χ4v) is 2.25. The van der Waals surface area contributed by atoms with Crippen LogP contribution in [0.4, 0.5) is 4.79 Å². The van der Waals surface area contributed by atoms with Crippen molar-refractivity contribution < 1.29 is 4.79 Å². The van der Waals surface area contributed by atoms with Gasteiger partial charge in [-0.05, 0) is 13.0 Å². The zero-order valence-corrected chi connectivity index (χ0v) is 10.6. The molecule has 0 fully saturated rings. The Hall–Kier alpha value is -1.69. The van der Waals surface area contributed by atoms with Gasteiger partial charge in [-0.25, -0.2) is 4.79 Å². The average Bonchev–Trinajstić information content (AvgIpc) is 2.83. The molecule has 0 aliphatic carbocycles. The lowest BCUT2D eigenvalue weighted by atomic mass is 10.1. The summed E-state index contributed by atoms with van der Waals surface area (Å²) >= 11 is 1.20. The lowest BCUT2D eigenvalue weighted by molar-refractivity contribution is 0.200. The Balaban J connectivity index is 2.28. The molecule has 0 aliphatic heterocycles. The summed E-state index contributed by atoms with van der Waals surface area (Å²) in [5.74, 6) is 0. The Labute approximate surface area is 104 Å². The van der Waals surface area contributed by atoms with E-state index < -0.39 is 0 Å². The molecule has 2 amide bonds. The summed E-state index contributed by atoms with van der Waals surface area (Å²) in [5.41, 5.74) is 2.81. The summed E-state index contributed by atoms with van der Waals surface area (Å²) in [6.45, 7) is 3.17. The van der Waals surface area contributed by atoms with Crippen molar-refractivity contribution >= 4 is 28.8 Å². The van der Waals surface area contributed by atoms with Gasteiger partial charge in [0.25, 0.3) is 0 Å². The molecule has 0 unspecified atom stereocenters. The van der Waals surface area contributed by atoms with E-state index in [0.29, 0.717) is 13.1 Å². The number of nitrogens with one attached hydrogen (secondary N) is 1. The van der Waals surface area contributed by atoms with Gasteiger partial charge in [0.05, 0.1) is 11.7 Å². The number of hydrogen-bond acceptors (Lipinski definition) is 4. The second kappa shape index (κ2) is 5.09. The molecule has 1 aromatic heterocycles. The van der Waals surface area contributed by atoms with Gasteiger partial charge in [0.15, 0.2) is 0 Å². The van der Waals surface area contributed by atoms with Crippen LogP contribution in [0.3, 0.4) is 0 Å². The minimum atomic E-state index is -0.0762. The van der Waals surface area contributed by atoms with Gasteiger partial charge in [-0.2, -0.15) is 8.75 Å². The number of nitrogens with zero attached hydrogens (tertiary/aromatic N) is 3. The minimum Gasteiger partial charge on any atom is -0.341 e. The monoisotopic (exact) mass is 250 g/mol. The fourth-order valence-electron chi connectivity index (χ4n) is 1.68. The minimum absolute atomic E-state index is 0.0762. The highest BCUT2D eigenvalue weighted by Gasteiger charge is 2.12. The van der Waals surface area contributed by atoms with Gasteiger partial charge in [-0.1, -0.05) is 12.1 Å². The number of fused-ring (bicyclic) bond motifs is 1. The van der Waals surface area contributed by atoms with Crippen molar-refractivity contribution in [2.45, 2.75) is 13.5 Å². The van der Waals surface area contributed by atoms with Gasteiger partial charge in [-0.15, -0.1) is 0 Å². The Morgan fingerprint density at radius 1 is 1.47 bits per heavy atom. The number of amides is 2. The number of rotatable bonds is 3. The summed E-state index contributed by atoms with van der Waals surface area (Å²) in [4.78, 5) is 13.3. The van der Waals surface area contributed by atoms with Crippen molar-refractivity contribution in [2.75, 3.05) is 13.6 Å². The Bertz CT molecular complexity index is 525. The SMILES string of the molecule is CCN(Cc1cccc2nsnc12)C(=O)NC. The van der Waals surface area contributed by atoms with E-state index >= 15 is 0 Å². The van der Waals surface area contributed by atoms with Crippen LogP contribution in [0, 0.1) is 0 Å². The van der Waals surface area contributed by atoms with Crippen molar-refractivity contribution in [3.8, 4) is 0 Å². The summed E-state index contributed by atoms with van der Waals surface area (Å²) in [7, 11) is 1.63. The summed E-state index contributed by atoms with van der Waals surface area (Å²) in [5, 5.41) is 2.63. The predicted molar refractivity (Wildman–Crippen MR) is 68.0 cm³/mol. The zero-order valence-electron chi connectivity index (χ0n) is 9.80. The first-order chi connectivity index (χ1) is 8.26. The second-order valence-electron chi connectivity index (χ2n) is 3.62. The number of urea groups is 1. The molecule has 2 rings (SSSR count). The molecule has 0 atom stereocenters. The molecule has 5 nitrogen and oxygen atoms in total. The van der Waals surface area contributed by atoms with E-state index in [2.05, 4.69) is 14.1 Å². The molecule has 17 heavy (non-hydrogen) atoms. The lowest BCUT2D eigenvalue weighted by Crippen LogP contribution is -2.37. The van der Waals surface area contributed by atoms with E-state index in [-0.39, 0.29) is 6.03 Å². The maximum atomic E-state index is 11.6. The number of benzene rings is 1. The Morgan fingerprint density at radius 2 is 2.29 bits per heavy atom. The normalized spacial score (nSPS) is 10.5. The van der Waals surface area contributed by atoms with E-state index in [9.17, 15) is 4.79 Å². The van der Waals surface area contributed by atoms with Crippen LogP contribution in [-0.4, -0.2) is 33.3 Å². The molecule has 6 heteroatoms. The zero-order chi connectivity index (χ0) is 12.3. The van der Waals surface area contributed by atoms with Crippen LogP contribution >= 0.6 is 11.7 Å². The molecule has 0 saturated heterocycles. The van der Waals surface area contributed by atoms with Crippen LogP contribution in [0.15, 0.2) is 18.2 Å². The maximum Gasteiger partial charge on any atom is 0.317 e. The Kier molecular flexibility index (Phi) is 3.53. The van der Waals surface area contributed by atoms with Crippen molar-refractivity contribution in [1.82, 2.24) is 19.0 Å².